The number of benzene rings is 1. The molecule has 0 fully saturated rings. The average molecular weight is 302 g/mol. The Morgan fingerprint density at radius 2 is 1.91 bits per heavy atom. The molecule has 0 saturated heterocycles. The molecule has 0 atom stereocenters. The highest BCUT2D eigenvalue weighted by atomic mass is 16.1. The van der Waals surface area contributed by atoms with E-state index in [2.05, 4.69) is 23.7 Å². The maximum absolute atomic E-state index is 12.3. The summed E-state index contributed by atoms with van der Waals surface area (Å²) in [6.07, 6.45) is 5.12. The first-order valence-corrected chi connectivity index (χ1v) is 7.76. The van der Waals surface area contributed by atoms with Crippen molar-refractivity contribution in [3.8, 4) is 11.8 Å². The topological polar surface area (TPSA) is 34.4 Å². The van der Waals surface area contributed by atoms with Gasteiger partial charge in [-0.05, 0) is 43.2 Å². The van der Waals surface area contributed by atoms with Gasteiger partial charge in [0, 0.05) is 29.1 Å². The zero-order valence-corrected chi connectivity index (χ0v) is 13.3. The first-order chi connectivity index (χ1) is 11.2. The SMILES string of the molecule is CCCc1cnc2cc(C#Cc3cccc(C)c3)ccn2c1=O. The molecule has 3 nitrogen and oxygen atoms in total. The van der Waals surface area contributed by atoms with E-state index >= 15 is 0 Å². The van der Waals surface area contributed by atoms with E-state index in [9.17, 15) is 4.79 Å². The molecule has 3 rings (SSSR count). The van der Waals surface area contributed by atoms with Crippen LogP contribution in [-0.2, 0) is 6.42 Å². The predicted octanol–water partition coefficient (Wildman–Crippen LogP) is 3.36. The molecule has 1 aromatic carbocycles. The molecule has 0 N–H and O–H groups in total. The lowest BCUT2D eigenvalue weighted by Gasteiger charge is -2.03. The second-order valence-electron chi connectivity index (χ2n) is 5.60. The van der Waals surface area contributed by atoms with Crippen molar-refractivity contribution in [1.82, 2.24) is 9.38 Å². The summed E-state index contributed by atoms with van der Waals surface area (Å²) in [5.74, 6) is 6.28. The molecule has 0 bridgehead atoms. The van der Waals surface area contributed by atoms with Gasteiger partial charge >= 0.3 is 0 Å². The Morgan fingerprint density at radius 3 is 2.65 bits per heavy atom. The van der Waals surface area contributed by atoms with Gasteiger partial charge in [0.05, 0.1) is 0 Å². The van der Waals surface area contributed by atoms with Gasteiger partial charge in [0.25, 0.3) is 5.56 Å². The molecular formula is C20H18N2O. The number of nitrogens with zero attached hydrogens (tertiary/aromatic N) is 2. The Morgan fingerprint density at radius 1 is 1.13 bits per heavy atom. The number of fused-ring (bicyclic) bond motifs is 1. The minimum Gasteiger partial charge on any atom is -0.269 e. The standard InChI is InChI=1S/C20H18N2O/c1-3-5-18-14-21-19-13-17(10-11-22(19)20(18)23)9-8-16-7-4-6-15(2)12-16/h4,6-7,10-14H,3,5H2,1-2H3. The van der Waals surface area contributed by atoms with E-state index in [0.29, 0.717) is 5.65 Å². The van der Waals surface area contributed by atoms with Crippen LogP contribution in [0.25, 0.3) is 5.65 Å². The second-order valence-corrected chi connectivity index (χ2v) is 5.60. The summed E-state index contributed by atoms with van der Waals surface area (Å²) in [7, 11) is 0. The summed E-state index contributed by atoms with van der Waals surface area (Å²) in [4.78, 5) is 16.7. The lowest BCUT2D eigenvalue weighted by Crippen LogP contribution is -2.19. The molecule has 2 aromatic heterocycles. The third-order valence-electron chi connectivity index (χ3n) is 3.67. The van der Waals surface area contributed by atoms with Crippen molar-refractivity contribution < 1.29 is 0 Å². The van der Waals surface area contributed by atoms with Crippen molar-refractivity contribution in [3.63, 3.8) is 0 Å². The molecule has 114 valence electrons. The van der Waals surface area contributed by atoms with E-state index in [0.717, 1.165) is 29.5 Å². The van der Waals surface area contributed by atoms with Crippen molar-refractivity contribution in [2.45, 2.75) is 26.7 Å². The predicted molar refractivity (Wildman–Crippen MR) is 92.6 cm³/mol. The van der Waals surface area contributed by atoms with Gasteiger partial charge in [-0.15, -0.1) is 0 Å². The molecule has 0 saturated carbocycles. The highest BCUT2D eigenvalue weighted by Crippen LogP contribution is 2.06. The van der Waals surface area contributed by atoms with Crippen LogP contribution in [-0.4, -0.2) is 9.38 Å². The van der Waals surface area contributed by atoms with E-state index in [1.807, 2.05) is 43.3 Å². The fourth-order valence-corrected chi connectivity index (χ4v) is 2.50. The van der Waals surface area contributed by atoms with Crippen LogP contribution >= 0.6 is 0 Å². The Labute approximate surface area is 135 Å². The molecule has 0 aliphatic heterocycles. The van der Waals surface area contributed by atoms with Gasteiger partial charge in [-0.3, -0.25) is 9.20 Å². The number of aromatic nitrogens is 2. The lowest BCUT2D eigenvalue weighted by atomic mass is 10.1. The van der Waals surface area contributed by atoms with Gasteiger partial charge < -0.3 is 0 Å². The molecule has 0 aliphatic carbocycles. The summed E-state index contributed by atoms with van der Waals surface area (Å²) >= 11 is 0. The first kappa shape index (κ1) is 15.1. The van der Waals surface area contributed by atoms with E-state index < -0.39 is 0 Å². The zero-order valence-electron chi connectivity index (χ0n) is 13.3. The van der Waals surface area contributed by atoms with Crippen molar-refractivity contribution in [1.29, 1.82) is 0 Å². The molecule has 2 heterocycles. The largest absolute Gasteiger partial charge is 0.269 e. The van der Waals surface area contributed by atoms with Crippen LogP contribution in [0.1, 0.15) is 35.6 Å². The number of aryl methyl sites for hydroxylation is 2. The molecule has 3 heteroatoms. The Bertz CT molecular complexity index is 974. The monoisotopic (exact) mass is 302 g/mol. The number of hydrogen-bond acceptors (Lipinski definition) is 2. The fourth-order valence-electron chi connectivity index (χ4n) is 2.50. The summed E-state index contributed by atoms with van der Waals surface area (Å²) < 4.78 is 1.59. The van der Waals surface area contributed by atoms with Crippen molar-refractivity contribution >= 4 is 5.65 Å². The molecule has 0 unspecified atom stereocenters. The summed E-state index contributed by atoms with van der Waals surface area (Å²) in [5.41, 5.74) is 4.41. The Hall–Kier alpha value is -2.86. The fraction of sp³-hybridized carbons (Fsp3) is 0.200. The lowest BCUT2D eigenvalue weighted by molar-refractivity contribution is 0.874. The van der Waals surface area contributed by atoms with Crippen LogP contribution in [0.15, 0.2) is 53.6 Å². The summed E-state index contributed by atoms with van der Waals surface area (Å²) in [5, 5.41) is 0. The van der Waals surface area contributed by atoms with E-state index in [1.165, 1.54) is 5.56 Å². The molecule has 0 aliphatic rings. The van der Waals surface area contributed by atoms with Crippen molar-refractivity contribution in [2.24, 2.45) is 0 Å². The zero-order chi connectivity index (χ0) is 16.2. The number of hydrogen-bond donors (Lipinski definition) is 0. The van der Waals surface area contributed by atoms with Crippen LogP contribution in [0.4, 0.5) is 0 Å². The number of pyridine rings is 1. The highest BCUT2D eigenvalue weighted by molar-refractivity contribution is 5.50. The highest BCUT2D eigenvalue weighted by Gasteiger charge is 2.04. The molecular weight excluding hydrogens is 284 g/mol. The molecule has 0 spiro atoms. The van der Waals surface area contributed by atoms with Crippen LogP contribution in [0.5, 0.6) is 0 Å². The van der Waals surface area contributed by atoms with Crippen molar-refractivity contribution in [2.75, 3.05) is 0 Å². The van der Waals surface area contributed by atoms with E-state index in [1.54, 1.807) is 16.8 Å². The van der Waals surface area contributed by atoms with Crippen LogP contribution in [0.2, 0.25) is 0 Å². The van der Waals surface area contributed by atoms with Gasteiger partial charge in [-0.1, -0.05) is 37.3 Å². The van der Waals surface area contributed by atoms with Crippen LogP contribution in [0.3, 0.4) is 0 Å². The summed E-state index contributed by atoms with van der Waals surface area (Å²) in [6, 6.07) is 11.8. The maximum atomic E-state index is 12.3. The third-order valence-corrected chi connectivity index (χ3v) is 3.67. The Balaban J connectivity index is 1.99. The van der Waals surface area contributed by atoms with Crippen LogP contribution < -0.4 is 5.56 Å². The molecule has 0 radical (unpaired) electrons. The van der Waals surface area contributed by atoms with Gasteiger partial charge in [0.15, 0.2) is 0 Å². The van der Waals surface area contributed by atoms with Gasteiger partial charge in [-0.25, -0.2) is 4.98 Å². The van der Waals surface area contributed by atoms with E-state index in [4.69, 9.17) is 0 Å². The van der Waals surface area contributed by atoms with Gasteiger partial charge in [-0.2, -0.15) is 0 Å². The maximum Gasteiger partial charge on any atom is 0.261 e. The minimum absolute atomic E-state index is 0.00930. The average Bonchev–Trinajstić information content (AvgIpc) is 2.56. The quantitative estimate of drug-likeness (QED) is 0.680. The second kappa shape index (κ2) is 6.50. The van der Waals surface area contributed by atoms with Crippen LogP contribution in [0, 0.1) is 18.8 Å². The van der Waals surface area contributed by atoms with Gasteiger partial charge in [0.1, 0.15) is 5.65 Å². The normalized spacial score (nSPS) is 10.3. The first-order valence-electron chi connectivity index (χ1n) is 7.76. The Kier molecular flexibility index (Phi) is 4.25. The molecule has 23 heavy (non-hydrogen) atoms. The smallest absolute Gasteiger partial charge is 0.261 e. The minimum atomic E-state index is 0.00930. The van der Waals surface area contributed by atoms with E-state index in [-0.39, 0.29) is 5.56 Å². The molecule has 0 amide bonds. The van der Waals surface area contributed by atoms with Crippen molar-refractivity contribution in [3.05, 3.63) is 81.4 Å². The summed E-state index contributed by atoms with van der Waals surface area (Å²) in [6.45, 7) is 4.10. The molecule has 3 aromatic rings. The number of rotatable bonds is 2. The third kappa shape index (κ3) is 3.32. The van der Waals surface area contributed by atoms with Gasteiger partial charge in [0.2, 0.25) is 0 Å².